The second kappa shape index (κ2) is 20.1. The number of pyridine rings is 1. The summed E-state index contributed by atoms with van der Waals surface area (Å²) in [6.07, 6.45) is 6.41. The molecule has 80 heavy (non-hydrogen) atoms. The number of benzene rings is 9. The predicted octanol–water partition coefficient (Wildman–Crippen LogP) is 18.2. The van der Waals surface area contributed by atoms with Crippen LogP contribution in [0.15, 0.2) is 206 Å². The van der Waals surface area contributed by atoms with Gasteiger partial charge in [-0.3, -0.25) is 4.57 Å². The van der Waals surface area contributed by atoms with E-state index in [1.165, 1.54) is 15.7 Å². The summed E-state index contributed by atoms with van der Waals surface area (Å²) in [6, 6.07) is 55.5. The van der Waals surface area contributed by atoms with E-state index in [0.717, 1.165) is 67.2 Å². The Morgan fingerprint density at radius 1 is 0.537 bits per heavy atom. The molecule has 0 saturated carbocycles. The van der Waals surface area contributed by atoms with Crippen LogP contribution in [0.4, 0.5) is 0 Å². The first-order valence-corrected chi connectivity index (χ1v) is 26.8. The first-order chi connectivity index (χ1) is 41.4. The van der Waals surface area contributed by atoms with Crippen LogP contribution in [0.25, 0.3) is 99.8 Å². The minimum absolute atomic E-state index is 0. The standard InChI is InChI=1S/C73H63N5O.Pt/c1-71(2,3)46-48-37-38-74-69(39-48)78-65-36-33-54(77-63-29-15-13-25-59(63)60-26-14-16-30-64(60)77)44-62(65)61-35-34-56(45-68(61)78)79-55-24-19-23-53(43-55)75-47-76(67-32-18-17-31-66(67)75)70-57(49-21-11-10-12-22-49)27-20-28-58(70)50-40-51(72(4,5)6)42-52(41-50)73(7,8)9;/h10-42,44H,46H2,1-9H3;/q-2;/i13D,14D,15D,16D,25D,26D,29D,30D;. The van der Waals surface area contributed by atoms with Gasteiger partial charge >= 0.3 is 0 Å². The van der Waals surface area contributed by atoms with Crippen molar-refractivity contribution in [1.29, 1.82) is 0 Å². The van der Waals surface area contributed by atoms with Gasteiger partial charge in [-0.1, -0.05) is 195 Å². The molecule has 0 amide bonds. The van der Waals surface area contributed by atoms with Gasteiger partial charge in [0, 0.05) is 60.7 Å². The summed E-state index contributed by atoms with van der Waals surface area (Å²) in [4.78, 5) is 4.94. The van der Waals surface area contributed by atoms with Gasteiger partial charge in [0.05, 0.1) is 38.7 Å². The van der Waals surface area contributed by atoms with E-state index in [4.69, 9.17) is 17.9 Å². The maximum Gasteiger partial charge on any atom is 0.268 e. The van der Waals surface area contributed by atoms with Crippen LogP contribution in [0.2, 0.25) is 0 Å². The third kappa shape index (κ3) is 9.54. The summed E-state index contributed by atoms with van der Waals surface area (Å²) in [5, 5.41) is 1.52. The Labute approximate surface area is 495 Å². The fourth-order valence-corrected chi connectivity index (χ4v) is 11.0. The van der Waals surface area contributed by atoms with E-state index in [0.29, 0.717) is 34.2 Å². The molecular weight excluding hydrogens is 1160 g/mol. The smallest absolute Gasteiger partial charge is 0.268 e. The molecule has 7 heteroatoms. The summed E-state index contributed by atoms with van der Waals surface area (Å²) < 4.78 is 85.7. The number of imidazole rings is 1. The number of para-hydroxylation sites is 5. The molecule has 0 aliphatic rings. The number of fused-ring (bicyclic) bond motifs is 7. The fraction of sp³-hybridized carbons (Fsp3) is 0.178. The number of ether oxygens (including phenoxy) is 1. The van der Waals surface area contributed by atoms with Gasteiger partial charge in [-0.05, 0) is 115 Å². The second-order valence-corrected chi connectivity index (χ2v) is 23.8. The minimum atomic E-state index is -0.496. The van der Waals surface area contributed by atoms with Crippen molar-refractivity contribution in [1.82, 2.24) is 18.7 Å². The number of hydrogen-bond acceptors (Lipinski definition) is 2. The molecule has 13 aromatic rings. The van der Waals surface area contributed by atoms with Crippen LogP contribution in [-0.2, 0) is 38.3 Å². The molecule has 0 spiro atoms. The van der Waals surface area contributed by atoms with Crippen LogP contribution in [0.3, 0.4) is 0 Å². The Morgan fingerprint density at radius 2 is 1.19 bits per heavy atom. The zero-order valence-corrected chi connectivity index (χ0v) is 48.5. The molecule has 4 aromatic heterocycles. The maximum atomic E-state index is 9.19. The monoisotopic (exact) mass is 1230 g/mol. The first kappa shape index (κ1) is 43.6. The Hall–Kier alpha value is -8.31. The van der Waals surface area contributed by atoms with E-state index in [1.54, 1.807) is 6.07 Å². The average Bonchev–Trinajstić information content (AvgIpc) is 1.55. The van der Waals surface area contributed by atoms with Crippen molar-refractivity contribution in [2.75, 3.05) is 0 Å². The van der Waals surface area contributed by atoms with Crippen LogP contribution in [0.1, 0.15) is 90.0 Å². The molecule has 398 valence electrons. The molecule has 4 heterocycles. The molecule has 0 bridgehead atoms. The molecular formula is C73H63N5OPt-2. The van der Waals surface area contributed by atoms with Crippen LogP contribution >= 0.6 is 0 Å². The minimum Gasteiger partial charge on any atom is -0.510 e. The number of nitrogens with zero attached hydrogens (tertiary/aromatic N) is 5. The van der Waals surface area contributed by atoms with Gasteiger partial charge in [-0.15, -0.1) is 29.7 Å². The molecule has 6 nitrogen and oxygen atoms in total. The Balaban J connectivity index is 0.00000754. The summed E-state index contributed by atoms with van der Waals surface area (Å²) >= 11 is 0. The molecule has 0 aliphatic carbocycles. The van der Waals surface area contributed by atoms with Gasteiger partial charge in [0.2, 0.25) is 0 Å². The predicted molar refractivity (Wildman–Crippen MR) is 326 cm³/mol. The van der Waals surface area contributed by atoms with Gasteiger partial charge < -0.3 is 18.4 Å². The zero-order chi connectivity index (χ0) is 61.3. The number of rotatable bonds is 9. The normalized spacial score (nSPS) is 13.7. The number of hydrogen-bond donors (Lipinski definition) is 0. The molecule has 0 atom stereocenters. The summed E-state index contributed by atoms with van der Waals surface area (Å²) in [7, 11) is 0. The molecule has 13 rings (SSSR count). The summed E-state index contributed by atoms with van der Waals surface area (Å²) in [6.45, 7) is 20.2. The van der Waals surface area contributed by atoms with E-state index in [9.17, 15) is 2.74 Å². The Kier molecular flexibility index (Phi) is 10.9. The SMILES string of the molecule is [2H]c1c([2H])c([2H])c2c(c1[2H])c1c([2H])c([2H])c([2H])c([2H])c1n2-c1ccc2c(c1)c1ccc(Oc3[c-]c(-n4[c-][n+](-c5c(-c6ccccc6)cccc5-c5cc(C(C)(C)C)cc(C(C)(C)C)c5)c5ccccc54)ccc3)[c-]c1n2-c1cc(CC(C)(C)C)ccn1.[Pt]. The fourth-order valence-electron chi connectivity index (χ4n) is 11.0. The molecule has 0 saturated heterocycles. The van der Waals surface area contributed by atoms with E-state index in [1.807, 2.05) is 76.0 Å². The Morgan fingerprint density at radius 3 is 1.89 bits per heavy atom. The van der Waals surface area contributed by atoms with Crippen LogP contribution in [0.5, 0.6) is 11.5 Å². The van der Waals surface area contributed by atoms with Crippen LogP contribution in [-0.4, -0.2) is 18.7 Å². The van der Waals surface area contributed by atoms with Crippen molar-refractivity contribution >= 4 is 54.6 Å². The molecule has 0 unspecified atom stereocenters. The molecule has 0 radical (unpaired) electrons. The van der Waals surface area contributed by atoms with Crippen molar-refractivity contribution in [3.8, 4) is 56.6 Å². The molecule has 0 N–H and O–H groups in total. The van der Waals surface area contributed by atoms with Gasteiger partial charge in [-0.2, -0.15) is 18.2 Å². The van der Waals surface area contributed by atoms with E-state index >= 15 is 0 Å². The first-order valence-electron chi connectivity index (χ1n) is 30.8. The van der Waals surface area contributed by atoms with E-state index < -0.39 is 36.3 Å². The van der Waals surface area contributed by atoms with Crippen molar-refractivity contribution in [3.63, 3.8) is 0 Å². The Bertz CT molecular complexity index is 4880. The van der Waals surface area contributed by atoms with Crippen molar-refractivity contribution < 1.29 is 41.3 Å². The zero-order valence-electron chi connectivity index (χ0n) is 54.2. The summed E-state index contributed by atoms with van der Waals surface area (Å²) in [5.41, 5.74) is 13.2. The van der Waals surface area contributed by atoms with E-state index in [2.05, 4.69) is 170 Å². The third-order valence-corrected chi connectivity index (χ3v) is 14.8. The quantitative estimate of drug-likeness (QED) is 0.107. The number of aromatic nitrogens is 5. The second-order valence-electron chi connectivity index (χ2n) is 23.8. The average molecular weight is 1230 g/mol. The molecule has 0 fully saturated rings. The van der Waals surface area contributed by atoms with Crippen molar-refractivity contribution in [2.45, 2.75) is 79.6 Å². The van der Waals surface area contributed by atoms with Crippen LogP contribution in [0, 0.1) is 23.9 Å². The summed E-state index contributed by atoms with van der Waals surface area (Å²) in [5.74, 6) is 1.49. The van der Waals surface area contributed by atoms with Gasteiger partial charge in [0.25, 0.3) is 6.33 Å². The molecule has 0 aliphatic heterocycles. The van der Waals surface area contributed by atoms with Crippen molar-refractivity contribution in [2.24, 2.45) is 5.41 Å². The largest absolute Gasteiger partial charge is 0.510 e. The van der Waals surface area contributed by atoms with E-state index in [-0.39, 0.29) is 71.2 Å². The van der Waals surface area contributed by atoms with Gasteiger partial charge in [-0.25, -0.2) is 4.98 Å². The topological polar surface area (TPSA) is 40.8 Å². The van der Waals surface area contributed by atoms with Crippen LogP contribution < -0.4 is 9.30 Å². The van der Waals surface area contributed by atoms with Gasteiger partial charge in [0.15, 0.2) is 0 Å². The maximum absolute atomic E-state index is 9.19. The van der Waals surface area contributed by atoms with Gasteiger partial charge in [0.1, 0.15) is 5.82 Å². The molecule has 9 aromatic carbocycles. The van der Waals surface area contributed by atoms with Crippen molar-refractivity contribution in [3.05, 3.63) is 241 Å². The third-order valence-electron chi connectivity index (χ3n) is 14.8.